The highest BCUT2D eigenvalue weighted by Crippen LogP contribution is 2.21. The van der Waals surface area contributed by atoms with Crippen LogP contribution in [0.3, 0.4) is 0 Å². The van der Waals surface area contributed by atoms with Crippen LogP contribution in [0.4, 0.5) is 11.4 Å². The third kappa shape index (κ3) is 4.19. The lowest BCUT2D eigenvalue weighted by molar-refractivity contribution is -0.384. The maximum absolute atomic E-state index is 12.6. The quantitative estimate of drug-likeness (QED) is 0.474. The maximum Gasteiger partial charge on any atom is 0.419 e. The lowest BCUT2D eigenvalue weighted by Gasteiger charge is -2.18. The van der Waals surface area contributed by atoms with Gasteiger partial charge in [0.1, 0.15) is 0 Å². The molecular formula is C21H22N4O5. The topological polar surface area (TPSA) is 111 Å². The van der Waals surface area contributed by atoms with Crippen molar-refractivity contribution in [2.75, 3.05) is 18.4 Å². The molecule has 1 fully saturated rings. The van der Waals surface area contributed by atoms with Crippen molar-refractivity contribution in [3.05, 3.63) is 69.2 Å². The fraction of sp³-hybridized carbons (Fsp3) is 0.333. The molecule has 2 heterocycles. The van der Waals surface area contributed by atoms with E-state index in [4.69, 9.17) is 4.42 Å². The summed E-state index contributed by atoms with van der Waals surface area (Å²) in [6.45, 7) is 1.68. The number of oxazole rings is 1. The first-order valence-electron chi connectivity index (χ1n) is 9.88. The van der Waals surface area contributed by atoms with E-state index in [1.54, 1.807) is 0 Å². The van der Waals surface area contributed by atoms with Crippen LogP contribution in [0.25, 0.3) is 11.1 Å². The summed E-state index contributed by atoms with van der Waals surface area (Å²) in [5.74, 6) is -0.518. The number of carbonyl (C=O) groups is 1. The molecule has 0 spiro atoms. The summed E-state index contributed by atoms with van der Waals surface area (Å²) in [6.07, 6.45) is 1.70. The predicted molar refractivity (Wildman–Crippen MR) is 111 cm³/mol. The molecule has 0 bridgehead atoms. The average molecular weight is 410 g/mol. The van der Waals surface area contributed by atoms with E-state index in [1.807, 2.05) is 35.2 Å². The molecule has 1 unspecified atom stereocenters. The van der Waals surface area contributed by atoms with Gasteiger partial charge in [0.2, 0.25) is 5.91 Å². The van der Waals surface area contributed by atoms with Gasteiger partial charge < -0.3 is 14.6 Å². The maximum atomic E-state index is 12.6. The zero-order chi connectivity index (χ0) is 21.1. The molecule has 1 N–H and O–H groups in total. The van der Waals surface area contributed by atoms with Gasteiger partial charge in [0.15, 0.2) is 5.58 Å². The number of nitro groups is 1. The number of anilines is 1. The monoisotopic (exact) mass is 410 g/mol. The van der Waals surface area contributed by atoms with Gasteiger partial charge in [-0.05, 0) is 31.0 Å². The Hall–Kier alpha value is -3.62. The molecule has 2 aromatic carbocycles. The summed E-state index contributed by atoms with van der Waals surface area (Å²) in [5.41, 5.74) is 1.58. The Bertz CT molecular complexity index is 1120. The van der Waals surface area contributed by atoms with Crippen LogP contribution in [0.15, 0.2) is 57.7 Å². The zero-order valence-electron chi connectivity index (χ0n) is 16.3. The second kappa shape index (κ2) is 8.40. The van der Waals surface area contributed by atoms with Crippen molar-refractivity contribution < 1.29 is 14.1 Å². The number of non-ortho nitro benzene ring substituents is 1. The van der Waals surface area contributed by atoms with Crippen molar-refractivity contribution in [3.63, 3.8) is 0 Å². The van der Waals surface area contributed by atoms with Crippen LogP contribution in [0.5, 0.6) is 0 Å². The molecule has 1 aliphatic heterocycles. The van der Waals surface area contributed by atoms with Crippen molar-refractivity contribution in [1.82, 2.24) is 9.47 Å². The van der Waals surface area contributed by atoms with E-state index in [2.05, 4.69) is 5.32 Å². The summed E-state index contributed by atoms with van der Waals surface area (Å²) in [5, 5.41) is 14.3. The number of aromatic nitrogens is 1. The largest absolute Gasteiger partial charge is 0.419 e. The average Bonchev–Trinajstić information content (AvgIpc) is 3.32. The van der Waals surface area contributed by atoms with Gasteiger partial charge in [-0.15, -0.1) is 0 Å². The number of nitro benzene ring substituents is 1. The summed E-state index contributed by atoms with van der Waals surface area (Å²) in [4.78, 5) is 36.8. The fourth-order valence-electron chi connectivity index (χ4n) is 3.80. The van der Waals surface area contributed by atoms with Crippen LogP contribution in [0.2, 0.25) is 0 Å². The van der Waals surface area contributed by atoms with Crippen LogP contribution in [0, 0.1) is 10.1 Å². The molecule has 156 valence electrons. The van der Waals surface area contributed by atoms with E-state index < -0.39 is 10.7 Å². The molecule has 0 radical (unpaired) electrons. The number of para-hydroxylation sites is 1. The summed E-state index contributed by atoms with van der Waals surface area (Å²) >= 11 is 0. The molecule has 1 aromatic heterocycles. The highest BCUT2D eigenvalue weighted by atomic mass is 16.6. The first-order valence-corrected chi connectivity index (χ1v) is 9.88. The Morgan fingerprint density at radius 3 is 2.80 bits per heavy atom. The van der Waals surface area contributed by atoms with Crippen LogP contribution in [-0.4, -0.2) is 39.4 Å². The molecule has 1 aliphatic rings. The first-order chi connectivity index (χ1) is 14.5. The van der Waals surface area contributed by atoms with Gasteiger partial charge in [-0.25, -0.2) is 4.79 Å². The molecular weight excluding hydrogens is 388 g/mol. The molecule has 1 atom stereocenters. The molecule has 4 rings (SSSR count). The number of hydrogen-bond acceptors (Lipinski definition) is 6. The lowest BCUT2D eigenvalue weighted by Crippen LogP contribution is -2.31. The third-order valence-corrected chi connectivity index (χ3v) is 5.32. The van der Waals surface area contributed by atoms with Crippen molar-refractivity contribution >= 4 is 28.4 Å². The molecule has 30 heavy (non-hydrogen) atoms. The van der Waals surface area contributed by atoms with E-state index in [0.29, 0.717) is 38.0 Å². The Labute approximate surface area is 172 Å². The minimum Gasteiger partial charge on any atom is -0.407 e. The summed E-state index contributed by atoms with van der Waals surface area (Å²) in [6, 6.07) is 14.2. The highest BCUT2D eigenvalue weighted by Gasteiger charge is 2.25. The molecule has 1 amide bonds. The van der Waals surface area contributed by atoms with Gasteiger partial charge >= 0.3 is 5.76 Å². The van der Waals surface area contributed by atoms with Crippen LogP contribution >= 0.6 is 0 Å². The number of amides is 1. The molecule has 1 saturated heterocycles. The van der Waals surface area contributed by atoms with Crippen molar-refractivity contribution in [3.8, 4) is 0 Å². The van der Waals surface area contributed by atoms with Crippen LogP contribution in [-0.2, 0) is 11.3 Å². The van der Waals surface area contributed by atoms with Crippen molar-refractivity contribution in [1.29, 1.82) is 0 Å². The van der Waals surface area contributed by atoms with Crippen LogP contribution < -0.4 is 11.1 Å². The van der Waals surface area contributed by atoms with E-state index >= 15 is 0 Å². The SMILES string of the molecule is O=C(CCCn1c(=O)oc2cc([N+](=O)[O-])ccc21)N1CCC(Nc2ccccc2)C1. The van der Waals surface area contributed by atoms with Gasteiger partial charge in [-0.3, -0.25) is 19.5 Å². The molecule has 0 saturated carbocycles. The minimum absolute atomic E-state index is 0.0591. The first kappa shape index (κ1) is 19.7. The van der Waals surface area contributed by atoms with Gasteiger partial charge in [-0.1, -0.05) is 18.2 Å². The van der Waals surface area contributed by atoms with Crippen molar-refractivity contribution in [2.24, 2.45) is 0 Å². The number of carbonyl (C=O) groups excluding carboxylic acids is 1. The van der Waals surface area contributed by atoms with E-state index in [0.717, 1.165) is 12.1 Å². The third-order valence-electron chi connectivity index (χ3n) is 5.32. The number of nitrogens with zero attached hydrogens (tertiary/aromatic N) is 3. The number of nitrogens with one attached hydrogen (secondary N) is 1. The fourth-order valence-corrected chi connectivity index (χ4v) is 3.80. The Kier molecular flexibility index (Phi) is 5.51. The Morgan fingerprint density at radius 2 is 2.03 bits per heavy atom. The van der Waals surface area contributed by atoms with Gasteiger partial charge in [-0.2, -0.15) is 0 Å². The second-order valence-electron chi connectivity index (χ2n) is 7.37. The van der Waals surface area contributed by atoms with E-state index in [1.165, 1.54) is 22.8 Å². The molecule has 3 aromatic rings. The summed E-state index contributed by atoms with van der Waals surface area (Å²) < 4.78 is 6.53. The zero-order valence-corrected chi connectivity index (χ0v) is 16.3. The minimum atomic E-state index is -0.578. The lowest BCUT2D eigenvalue weighted by atomic mass is 10.2. The number of aryl methyl sites for hydroxylation is 1. The predicted octanol–water partition coefficient (Wildman–Crippen LogP) is 3.00. The number of likely N-dealkylation sites (tertiary alicyclic amines) is 1. The van der Waals surface area contributed by atoms with Gasteiger partial charge in [0.25, 0.3) is 5.69 Å². The van der Waals surface area contributed by atoms with Crippen LogP contribution in [0.1, 0.15) is 19.3 Å². The van der Waals surface area contributed by atoms with E-state index in [-0.39, 0.29) is 23.2 Å². The van der Waals surface area contributed by atoms with E-state index in [9.17, 15) is 19.7 Å². The number of fused-ring (bicyclic) bond motifs is 1. The molecule has 9 heteroatoms. The molecule has 0 aliphatic carbocycles. The van der Waals surface area contributed by atoms with Gasteiger partial charge in [0, 0.05) is 43.9 Å². The molecule has 9 nitrogen and oxygen atoms in total. The second-order valence-corrected chi connectivity index (χ2v) is 7.37. The highest BCUT2D eigenvalue weighted by molar-refractivity contribution is 5.77. The van der Waals surface area contributed by atoms with Gasteiger partial charge in [0.05, 0.1) is 16.5 Å². The smallest absolute Gasteiger partial charge is 0.407 e. The normalized spacial score (nSPS) is 16.1. The number of hydrogen-bond donors (Lipinski definition) is 1. The Morgan fingerprint density at radius 1 is 1.23 bits per heavy atom. The summed E-state index contributed by atoms with van der Waals surface area (Å²) in [7, 11) is 0. The van der Waals surface area contributed by atoms with Crippen molar-refractivity contribution in [2.45, 2.75) is 31.8 Å². The Balaban J connectivity index is 1.31. The standard InChI is InChI=1S/C21H22N4O5/c26-20(23-12-10-16(14-23)22-15-5-2-1-3-6-15)7-4-11-24-18-9-8-17(25(28)29)13-19(18)30-21(24)27/h1-3,5-6,8-9,13,16,22H,4,7,10-12,14H2. The number of benzene rings is 2. The number of rotatable bonds is 7.